The number of anilines is 2. The molecule has 1 aromatic carbocycles. The van der Waals surface area contributed by atoms with Gasteiger partial charge in [0.25, 0.3) is 11.5 Å². The minimum Gasteiger partial charge on any atom is -0.389 e. The van der Waals surface area contributed by atoms with Gasteiger partial charge in [0, 0.05) is 55.6 Å². The van der Waals surface area contributed by atoms with Crippen LogP contribution in [-0.2, 0) is 15.7 Å². The van der Waals surface area contributed by atoms with Gasteiger partial charge in [-0.3, -0.25) is 9.59 Å². The molecule has 11 nitrogen and oxygen atoms in total. The summed E-state index contributed by atoms with van der Waals surface area (Å²) in [5.41, 5.74) is -2.32. The van der Waals surface area contributed by atoms with Gasteiger partial charge in [-0.2, -0.15) is 18.3 Å². The third kappa shape index (κ3) is 6.21. The summed E-state index contributed by atoms with van der Waals surface area (Å²) in [6.07, 6.45) is -1.84. The molecule has 5 rings (SSSR count). The topological polar surface area (TPSA) is 137 Å². The first kappa shape index (κ1) is 29.4. The van der Waals surface area contributed by atoms with E-state index in [4.69, 9.17) is 4.74 Å². The number of aromatic nitrogens is 4. The molecule has 3 aromatic rings. The number of nitrogens with zero attached hydrogens (tertiary/aromatic N) is 5. The number of likely N-dealkylation sites (tertiary alicyclic amines) is 1. The molecule has 4 heterocycles. The van der Waals surface area contributed by atoms with E-state index in [9.17, 15) is 32.3 Å². The number of rotatable bonds is 8. The number of aliphatic hydroxyl groups is 1. The summed E-state index contributed by atoms with van der Waals surface area (Å²) in [5.74, 6) is -0.305. The predicted molar refractivity (Wildman–Crippen MR) is 143 cm³/mol. The quantitative estimate of drug-likeness (QED) is 0.338. The number of carbonyl (C=O) groups excluding carboxylic acids is 1. The molecular weight excluding hydrogens is 562 g/mol. The highest BCUT2D eigenvalue weighted by Crippen LogP contribution is 2.32. The molecule has 42 heavy (non-hydrogen) atoms. The Morgan fingerprint density at radius 1 is 1.14 bits per heavy atom. The number of piperidine rings is 1. The van der Waals surface area contributed by atoms with Crippen LogP contribution in [0.15, 0.2) is 47.7 Å². The van der Waals surface area contributed by atoms with Gasteiger partial charge in [-0.15, -0.1) is 0 Å². The lowest BCUT2D eigenvalue weighted by Crippen LogP contribution is -2.55. The number of H-pyrrole nitrogens is 1. The Hall–Kier alpha value is -4.11. The van der Waals surface area contributed by atoms with Crippen molar-refractivity contribution < 1.29 is 32.2 Å². The second kappa shape index (κ2) is 12.0. The smallest absolute Gasteiger partial charge is 0.389 e. The van der Waals surface area contributed by atoms with Crippen molar-refractivity contribution in [2.24, 2.45) is 0 Å². The number of halogens is 4. The van der Waals surface area contributed by atoms with Gasteiger partial charge < -0.3 is 25.0 Å². The summed E-state index contributed by atoms with van der Waals surface area (Å²) < 4.78 is 59.7. The molecule has 0 bridgehead atoms. The fourth-order valence-corrected chi connectivity index (χ4v) is 5.30. The maximum Gasteiger partial charge on any atom is 0.423 e. The van der Waals surface area contributed by atoms with E-state index in [0.29, 0.717) is 43.0 Å². The average Bonchev–Trinajstić information content (AvgIpc) is 3.31. The van der Waals surface area contributed by atoms with Crippen molar-refractivity contribution in [2.45, 2.75) is 50.2 Å². The van der Waals surface area contributed by atoms with Gasteiger partial charge >= 0.3 is 6.18 Å². The maximum absolute atomic E-state index is 14.1. The molecule has 2 fully saturated rings. The van der Waals surface area contributed by atoms with Gasteiger partial charge in [-0.05, 0) is 19.4 Å². The normalized spacial score (nSPS) is 22.0. The Labute approximate surface area is 237 Å². The Morgan fingerprint density at radius 2 is 1.88 bits per heavy atom. The van der Waals surface area contributed by atoms with Gasteiger partial charge in [-0.1, -0.05) is 18.2 Å². The zero-order valence-corrected chi connectivity index (χ0v) is 22.5. The first-order chi connectivity index (χ1) is 20.0. The molecule has 4 unspecified atom stereocenters. The zero-order chi connectivity index (χ0) is 30.0. The summed E-state index contributed by atoms with van der Waals surface area (Å²) in [7, 11) is 0. The number of alkyl halides is 3. The molecule has 0 aliphatic carbocycles. The number of aromatic amines is 1. The van der Waals surface area contributed by atoms with Crippen LogP contribution in [0.5, 0.6) is 0 Å². The first-order valence-corrected chi connectivity index (χ1v) is 13.4. The summed E-state index contributed by atoms with van der Waals surface area (Å²) in [5, 5.41) is 18.7. The van der Waals surface area contributed by atoms with Crippen LogP contribution < -0.4 is 15.8 Å². The lowest BCUT2D eigenvalue weighted by Gasteiger charge is -2.40. The summed E-state index contributed by atoms with van der Waals surface area (Å²) in [4.78, 5) is 36.8. The van der Waals surface area contributed by atoms with Gasteiger partial charge in [-0.25, -0.2) is 19.5 Å². The molecule has 2 saturated heterocycles. The molecule has 2 aromatic heterocycles. The summed E-state index contributed by atoms with van der Waals surface area (Å²) >= 11 is 0. The summed E-state index contributed by atoms with van der Waals surface area (Å²) in [6, 6.07) is 5.19. The minimum absolute atomic E-state index is 0.102. The van der Waals surface area contributed by atoms with Crippen molar-refractivity contribution in [2.75, 3.05) is 36.5 Å². The van der Waals surface area contributed by atoms with Crippen molar-refractivity contribution in [3.63, 3.8) is 0 Å². The Balaban J connectivity index is 1.14. The molecule has 15 heteroatoms. The monoisotopic (exact) mass is 591 g/mol. The standard InChI is InChI=1S/C27H29F4N7O4/c1-15(35-19-12-34-36-24(40)23(19)27(29,30)31)14-42-22-7-9-38(25(22)41)20-6-8-37(13-21(20)39)26-32-10-16(11-33-26)17-4-2-3-5-18(17)28/h2-5,10-12,15,20-22,39H,6-9,13-14H2,1H3,(H2,35,36,40). The van der Waals surface area contributed by atoms with E-state index >= 15 is 0 Å². The van der Waals surface area contributed by atoms with Crippen molar-refractivity contribution >= 4 is 17.5 Å². The SMILES string of the molecule is CC(COC1CCN(C2CCN(c3ncc(-c4ccccc4F)cn3)CC2O)C1=O)Nc1cn[nH]c(=O)c1C(F)(F)F. The number of hydrogen-bond donors (Lipinski definition) is 3. The van der Waals surface area contributed by atoms with Gasteiger partial charge in [0.1, 0.15) is 17.5 Å². The van der Waals surface area contributed by atoms with Crippen LogP contribution in [-0.4, -0.2) is 86.6 Å². The molecule has 0 spiro atoms. The molecule has 2 aliphatic heterocycles. The molecule has 3 N–H and O–H groups in total. The van der Waals surface area contributed by atoms with E-state index in [1.165, 1.54) is 18.5 Å². The van der Waals surface area contributed by atoms with Crippen molar-refractivity contribution in [3.05, 3.63) is 64.6 Å². The number of β-amino-alcohol motifs (C(OH)–C–C–N with tert-alkyl or cyclic N) is 1. The van der Waals surface area contributed by atoms with E-state index in [1.807, 2.05) is 0 Å². The Kier molecular flexibility index (Phi) is 8.41. The minimum atomic E-state index is -4.88. The molecule has 1 amide bonds. The van der Waals surface area contributed by atoms with Crippen molar-refractivity contribution in [1.29, 1.82) is 0 Å². The Morgan fingerprint density at radius 3 is 2.57 bits per heavy atom. The van der Waals surface area contributed by atoms with E-state index in [0.717, 1.165) is 6.20 Å². The number of ether oxygens (including phenoxy) is 1. The second-order valence-electron chi connectivity index (χ2n) is 10.3. The average molecular weight is 592 g/mol. The first-order valence-electron chi connectivity index (χ1n) is 13.4. The third-order valence-corrected chi connectivity index (χ3v) is 7.33. The van der Waals surface area contributed by atoms with Crippen LogP contribution >= 0.6 is 0 Å². The highest BCUT2D eigenvalue weighted by molar-refractivity contribution is 5.83. The fourth-order valence-electron chi connectivity index (χ4n) is 5.30. The molecule has 224 valence electrons. The van der Waals surface area contributed by atoms with Crippen LogP contribution in [0, 0.1) is 5.82 Å². The second-order valence-corrected chi connectivity index (χ2v) is 10.3. The lowest BCUT2D eigenvalue weighted by atomic mass is 10.0. The van der Waals surface area contributed by atoms with Gasteiger partial charge in [0.2, 0.25) is 5.95 Å². The zero-order valence-electron chi connectivity index (χ0n) is 22.5. The maximum atomic E-state index is 14.1. The van der Waals surface area contributed by atoms with E-state index in [2.05, 4.69) is 20.4 Å². The van der Waals surface area contributed by atoms with Crippen molar-refractivity contribution in [1.82, 2.24) is 25.1 Å². The fraction of sp³-hybridized carbons (Fsp3) is 0.444. The number of carbonyl (C=O) groups is 1. The van der Waals surface area contributed by atoms with Gasteiger partial charge in [0.05, 0.1) is 30.6 Å². The Bertz CT molecular complexity index is 1470. The molecular formula is C27H29F4N7O4. The van der Waals surface area contributed by atoms with Crippen LogP contribution in [0.4, 0.5) is 29.2 Å². The van der Waals surface area contributed by atoms with Crippen LogP contribution in [0.25, 0.3) is 11.1 Å². The van der Waals surface area contributed by atoms with Gasteiger partial charge in [0.15, 0.2) is 0 Å². The molecule has 0 saturated carbocycles. The molecule has 4 atom stereocenters. The highest BCUT2D eigenvalue weighted by atomic mass is 19.4. The van der Waals surface area contributed by atoms with E-state index in [-0.39, 0.29) is 24.9 Å². The summed E-state index contributed by atoms with van der Waals surface area (Å²) in [6.45, 7) is 2.48. The predicted octanol–water partition coefficient (Wildman–Crippen LogP) is 2.44. The largest absolute Gasteiger partial charge is 0.423 e. The highest BCUT2D eigenvalue weighted by Gasteiger charge is 2.42. The van der Waals surface area contributed by atoms with E-state index < -0.39 is 47.3 Å². The number of nitrogens with one attached hydrogen (secondary N) is 2. The van der Waals surface area contributed by atoms with Crippen molar-refractivity contribution in [3.8, 4) is 11.1 Å². The third-order valence-electron chi connectivity index (χ3n) is 7.33. The molecule has 0 radical (unpaired) electrons. The molecule has 2 aliphatic rings. The van der Waals surface area contributed by atoms with Crippen LogP contribution in [0.1, 0.15) is 25.3 Å². The van der Waals surface area contributed by atoms with Crippen LogP contribution in [0.2, 0.25) is 0 Å². The number of hydrogen-bond acceptors (Lipinski definition) is 9. The number of benzene rings is 1. The number of aliphatic hydroxyl groups excluding tert-OH is 1. The number of amides is 1. The van der Waals surface area contributed by atoms with E-state index in [1.54, 1.807) is 40.0 Å². The lowest BCUT2D eigenvalue weighted by molar-refractivity contribution is -0.141. The van der Waals surface area contributed by atoms with Crippen LogP contribution in [0.3, 0.4) is 0 Å².